The van der Waals surface area contributed by atoms with Crippen molar-refractivity contribution in [3.8, 4) is 17.1 Å². The van der Waals surface area contributed by atoms with E-state index in [1.165, 1.54) is 12.1 Å². The number of nitrogens with two attached hydrogens (primary N) is 1. The highest BCUT2D eigenvalue weighted by atomic mass is 19.4. The number of nitrogens with zero attached hydrogens (tertiary/aromatic N) is 2. The van der Waals surface area contributed by atoms with Crippen LogP contribution in [0.5, 0.6) is 5.75 Å². The second-order valence-corrected chi connectivity index (χ2v) is 9.50. The Labute approximate surface area is 231 Å². The lowest BCUT2D eigenvalue weighted by atomic mass is 9.86. The van der Waals surface area contributed by atoms with Crippen LogP contribution in [0.4, 0.5) is 45.2 Å². The average molecular weight is 608 g/mol. The lowest BCUT2D eigenvalue weighted by Crippen LogP contribution is -2.47. The number of alkyl halides is 8. The van der Waals surface area contributed by atoms with Crippen molar-refractivity contribution in [1.29, 1.82) is 0 Å². The van der Waals surface area contributed by atoms with Crippen molar-refractivity contribution in [2.45, 2.75) is 44.3 Å². The van der Waals surface area contributed by atoms with E-state index in [2.05, 4.69) is 9.72 Å². The SMILES string of the molecule is NC(=O)C1CCN(c2ccc(OC(F)(F)F)cc2)C(Cc2ccc(C(F)(F)F)c(-c3nc(C(F)F)cc(=O)[nH]3)c2F)C1. The summed E-state index contributed by atoms with van der Waals surface area (Å²) in [7, 11) is 0. The minimum Gasteiger partial charge on any atom is -0.406 e. The molecule has 0 radical (unpaired) electrons. The first-order valence-corrected chi connectivity index (χ1v) is 12.2. The third kappa shape index (κ3) is 6.97. The molecular formula is C26H21F9N4O3. The van der Waals surface area contributed by atoms with Crippen LogP contribution in [0.25, 0.3) is 11.4 Å². The van der Waals surface area contributed by atoms with E-state index in [9.17, 15) is 44.7 Å². The van der Waals surface area contributed by atoms with Crippen LogP contribution < -0.4 is 20.9 Å². The zero-order valence-electron chi connectivity index (χ0n) is 21.2. The summed E-state index contributed by atoms with van der Waals surface area (Å²) >= 11 is 0. The Bertz CT molecular complexity index is 1500. The third-order valence-corrected chi connectivity index (χ3v) is 6.72. The van der Waals surface area contributed by atoms with Crippen LogP contribution in [-0.2, 0) is 17.4 Å². The fourth-order valence-electron chi connectivity index (χ4n) is 4.89. The third-order valence-electron chi connectivity index (χ3n) is 6.72. The quantitative estimate of drug-likeness (QED) is 0.333. The molecule has 42 heavy (non-hydrogen) atoms. The van der Waals surface area contributed by atoms with E-state index in [1.54, 1.807) is 4.90 Å². The van der Waals surface area contributed by atoms with Crippen LogP contribution >= 0.6 is 0 Å². The maximum Gasteiger partial charge on any atom is 0.573 e. The van der Waals surface area contributed by atoms with Crippen LogP contribution in [-0.4, -0.2) is 34.8 Å². The number of aromatic amines is 1. The number of amides is 1. The van der Waals surface area contributed by atoms with Crippen molar-refractivity contribution in [2.75, 3.05) is 11.4 Å². The van der Waals surface area contributed by atoms with Crippen LogP contribution in [0, 0.1) is 11.7 Å². The van der Waals surface area contributed by atoms with Crippen LogP contribution in [0.3, 0.4) is 0 Å². The van der Waals surface area contributed by atoms with Crippen molar-refractivity contribution >= 4 is 11.6 Å². The molecule has 1 aliphatic rings. The van der Waals surface area contributed by atoms with Gasteiger partial charge in [-0.05, 0) is 55.2 Å². The highest BCUT2D eigenvalue weighted by molar-refractivity contribution is 5.77. The van der Waals surface area contributed by atoms with E-state index in [0.717, 1.165) is 18.2 Å². The summed E-state index contributed by atoms with van der Waals surface area (Å²) in [6.45, 7) is 0.137. The molecule has 1 saturated heterocycles. The molecule has 1 aromatic heterocycles. The van der Waals surface area contributed by atoms with Crippen molar-refractivity contribution in [3.05, 3.63) is 75.5 Å². The van der Waals surface area contributed by atoms with E-state index in [-0.39, 0.29) is 31.4 Å². The van der Waals surface area contributed by atoms with Gasteiger partial charge >= 0.3 is 12.5 Å². The number of hydrogen-bond acceptors (Lipinski definition) is 5. The minimum atomic E-state index is -5.16. The summed E-state index contributed by atoms with van der Waals surface area (Å²) in [6, 6.07) is 5.59. The molecule has 1 fully saturated rings. The number of carbonyl (C=O) groups is 1. The van der Waals surface area contributed by atoms with Gasteiger partial charge in [0.05, 0.1) is 11.1 Å². The van der Waals surface area contributed by atoms with Crippen LogP contribution in [0.15, 0.2) is 47.3 Å². The Kier molecular flexibility index (Phi) is 8.46. The number of aromatic nitrogens is 2. The van der Waals surface area contributed by atoms with Crippen molar-refractivity contribution in [1.82, 2.24) is 9.97 Å². The number of hydrogen-bond donors (Lipinski definition) is 2. The first-order chi connectivity index (χ1) is 19.5. The van der Waals surface area contributed by atoms with E-state index >= 15 is 4.39 Å². The van der Waals surface area contributed by atoms with Gasteiger partial charge in [-0.1, -0.05) is 6.07 Å². The molecule has 226 valence electrons. The van der Waals surface area contributed by atoms with Crippen LogP contribution in [0.2, 0.25) is 0 Å². The number of rotatable bonds is 7. The Morgan fingerprint density at radius 2 is 1.76 bits per heavy atom. The standard InChI is InChI=1S/C26H21F9N4O3/c27-21-12(1-6-17(25(30,31)32)20(21)24-37-18(22(28)29)11-19(40)38-24)9-15-10-13(23(36)41)7-8-39(15)14-2-4-16(5-3-14)42-26(33,34)35/h1-6,11,13,15,22H,7-10H2,(H2,36,41)(H,37,38,40). The Morgan fingerprint density at radius 1 is 1.10 bits per heavy atom. The van der Waals surface area contributed by atoms with Gasteiger partial charge in [-0.2, -0.15) is 13.2 Å². The van der Waals surface area contributed by atoms with E-state index in [4.69, 9.17) is 5.73 Å². The Balaban J connectivity index is 1.76. The number of anilines is 1. The van der Waals surface area contributed by atoms with E-state index in [1.807, 2.05) is 4.98 Å². The zero-order valence-corrected chi connectivity index (χ0v) is 21.2. The summed E-state index contributed by atoms with van der Waals surface area (Å²) < 4.78 is 125. The first-order valence-electron chi connectivity index (χ1n) is 12.2. The maximum atomic E-state index is 15.9. The highest BCUT2D eigenvalue weighted by Crippen LogP contribution is 2.40. The summed E-state index contributed by atoms with van der Waals surface area (Å²) in [5.74, 6) is -4.43. The molecule has 0 saturated carbocycles. The second-order valence-electron chi connectivity index (χ2n) is 9.50. The molecule has 7 nitrogen and oxygen atoms in total. The molecule has 0 aliphatic carbocycles. The van der Waals surface area contributed by atoms with Crippen molar-refractivity contribution < 1.29 is 49.0 Å². The van der Waals surface area contributed by atoms with Crippen LogP contribution in [0.1, 0.15) is 36.1 Å². The van der Waals surface area contributed by atoms with Gasteiger partial charge < -0.3 is 20.4 Å². The Morgan fingerprint density at radius 3 is 2.33 bits per heavy atom. The summed E-state index contributed by atoms with van der Waals surface area (Å²) in [5, 5.41) is 0. The molecule has 2 unspecified atom stereocenters. The number of ether oxygens (including phenoxy) is 1. The molecule has 1 amide bonds. The molecule has 3 aromatic rings. The van der Waals surface area contributed by atoms with Crippen molar-refractivity contribution in [3.63, 3.8) is 0 Å². The molecule has 2 aromatic carbocycles. The smallest absolute Gasteiger partial charge is 0.406 e. The summed E-state index contributed by atoms with van der Waals surface area (Å²) in [5.41, 5.74) is 0.257. The van der Waals surface area contributed by atoms with Gasteiger partial charge in [0.25, 0.3) is 12.0 Å². The van der Waals surface area contributed by atoms with E-state index < -0.39 is 76.6 Å². The first kappa shape index (κ1) is 30.7. The minimum absolute atomic E-state index is 0.0158. The molecule has 16 heteroatoms. The largest absolute Gasteiger partial charge is 0.573 e. The van der Waals surface area contributed by atoms with E-state index in [0.29, 0.717) is 17.8 Å². The highest BCUT2D eigenvalue weighted by Gasteiger charge is 2.38. The number of halogens is 9. The van der Waals surface area contributed by atoms with Gasteiger partial charge in [-0.25, -0.2) is 18.2 Å². The number of benzene rings is 2. The zero-order chi connectivity index (χ0) is 31.0. The lowest BCUT2D eigenvalue weighted by Gasteiger charge is -2.40. The lowest BCUT2D eigenvalue weighted by molar-refractivity contribution is -0.274. The Hall–Kier alpha value is -4.24. The normalized spacial score (nSPS) is 17.9. The topological polar surface area (TPSA) is 101 Å². The molecule has 0 spiro atoms. The number of H-pyrrole nitrogens is 1. The molecule has 0 bridgehead atoms. The summed E-state index contributed by atoms with van der Waals surface area (Å²) in [4.78, 5) is 30.7. The predicted octanol–water partition coefficient (Wildman–Crippen LogP) is 5.74. The van der Waals surface area contributed by atoms with Gasteiger partial charge in [0.15, 0.2) is 0 Å². The summed E-state index contributed by atoms with van der Waals surface area (Å²) in [6.07, 6.45) is -13.5. The van der Waals surface area contributed by atoms with Gasteiger partial charge in [0.1, 0.15) is 23.1 Å². The fraction of sp³-hybridized carbons (Fsp3) is 0.346. The van der Waals surface area contributed by atoms with Gasteiger partial charge in [-0.3, -0.25) is 9.59 Å². The predicted molar refractivity (Wildman–Crippen MR) is 130 cm³/mol. The number of nitrogens with one attached hydrogen (secondary N) is 1. The molecule has 3 N–H and O–H groups in total. The molecule has 4 rings (SSSR count). The van der Waals surface area contributed by atoms with Gasteiger partial charge in [-0.15, -0.1) is 13.2 Å². The van der Waals surface area contributed by atoms with Gasteiger partial charge in [0, 0.05) is 30.3 Å². The van der Waals surface area contributed by atoms with Gasteiger partial charge in [0.2, 0.25) is 5.91 Å². The average Bonchev–Trinajstić information content (AvgIpc) is 2.88. The second kappa shape index (κ2) is 11.6. The maximum absolute atomic E-state index is 15.9. The number of piperidine rings is 1. The number of primary amides is 1. The fourth-order valence-corrected chi connectivity index (χ4v) is 4.89. The molecular weight excluding hydrogens is 587 g/mol. The number of carbonyl (C=O) groups excluding carboxylic acids is 1. The molecule has 1 aliphatic heterocycles. The molecule has 2 heterocycles. The monoisotopic (exact) mass is 608 g/mol. The van der Waals surface area contributed by atoms with Crippen molar-refractivity contribution in [2.24, 2.45) is 11.7 Å². The molecule has 2 atom stereocenters.